The van der Waals surface area contributed by atoms with E-state index in [1.807, 2.05) is 24.3 Å². The molecule has 0 radical (unpaired) electrons. The van der Waals surface area contributed by atoms with Gasteiger partial charge in [-0.25, -0.2) is 4.79 Å². The second kappa shape index (κ2) is 6.31. The molecule has 8 nitrogen and oxygen atoms in total. The maximum atomic E-state index is 12.6. The van der Waals surface area contributed by atoms with Gasteiger partial charge in [0.2, 0.25) is 5.75 Å². The summed E-state index contributed by atoms with van der Waals surface area (Å²) in [5.41, 5.74) is 2.98. The number of hydrogen-bond acceptors (Lipinski definition) is 6. The van der Waals surface area contributed by atoms with Crippen LogP contribution in [0.1, 0.15) is 29.0 Å². The molecule has 8 heteroatoms. The number of carbonyl (C=O) groups excluding carboxylic acids is 1. The van der Waals surface area contributed by atoms with E-state index in [1.54, 1.807) is 12.1 Å². The third kappa shape index (κ3) is 2.39. The molecule has 3 atom stereocenters. The Morgan fingerprint density at radius 2 is 1.86 bits per heavy atom. The maximum absolute atomic E-state index is 12.6. The molecule has 3 N–H and O–H groups in total. The van der Waals surface area contributed by atoms with Gasteiger partial charge in [-0.3, -0.25) is 4.90 Å². The first-order valence-corrected chi connectivity index (χ1v) is 9.23. The standard InChI is InChI=1S/C21H20N2O6/c1-27-14-7-10(8-15(28-2)20(14)25)18-17-16(11-5-3-4-6-12(11)22-17)19(24)13-9-29-21(26)23(13)18/h3-8,13,18-19,22,24-25H,9H2,1-2H3/t13-,18-,19+/m1/s1. The van der Waals surface area contributed by atoms with E-state index in [2.05, 4.69) is 4.98 Å². The molecule has 150 valence electrons. The highest BCUT2D eigenvalue weighted by Crippen LogP contribution is 2.49. The van der Waals surface area contributed by atoms with Crippen molar-refractivity contribution in [1.82, 2.24) is 9.88 Å². The van der Waals surface area contributed by atoms with Gasteiger partial charge >= 0.3 is 6.09 Å². The van der Waals surface area contributed by atoms with E-state index in [1.165, 1.54) is 19.1 Å². The molecule has 1 saturated heterocycles. The molecular weight excluding hydrogens is 376 g/mol. The molecule has 1 amide bonds. The number of ether oxygens (including phenoxy) is 3. The van der Waals surface area contributed by atoms with Crippen molar-refractivity contribution in [1.29, 1.82) is 0 Å². The van der Waals surface area contributed by atoms with Crippen LogP contribution in [-0.2, 0) is 4.74 Å². The fraction of sp³-hybridized carbons (Fsp3) is 0.286. The number of phenolic OH excluding ortho intramolecular Hbond substituents is 1. The summed E-state index contributed by atoms with van der Waals surface area (Å²) < 4.78 is 15.9. The SMILES string of the molecule is COc1cc([C@@H]2c3[nH]c4ccccc4c3[C@@H](O)[C@H]3COC(=O)N23)cc(OC)c1O. The molecule has 0 unspecified atom stereocenters. The molecule has 0 saturated carbocycles. The van der Waals surface area contributed by atoms with Crippen LogP contribution in [-0.4, -0.2) is 53.1 Å². The quantitative estimate of drug-likeness (QED) is 0.629. The van der Waals surface area contributed by atoms with E-state index in [0.717, 1.165) is 16.5 Å². The third-order valence-electron chi connectivity index (χ3n) is 5.75. The van der Waals surface area contributed by atoms with Gasteiger partial charge < -0.3 is 29.4 Å². The summed E-state index contributed by atoms with van der Waals surface area (Å²) in [6.45, 7) is 0.0990. The number of aliphatic hydroxyl groups excluding tert-OH is 1. The number of para-hydroxylation sites is 1. The Labute approximate surface area is 166 Å². The van der Waals surface area contributed by atoms with Crippen molar-refractivity contribution in [3.05, 3.63) is 53.2 Å². The van der Waals surface area contributed by atoms with E-state index in [-0.39, 0.29) is 23.9 Å². The second-order valence-corrected chi connectivity index (χ2v) is 7.17. The summed E-state index contributed by atoms with van der Waals surface area (Å²) in [5.74, 6) is 0.339. The van der Waals surface area contributed by atoms with Crippen molar-refractivity contribution in [2.24, 2.45) is 0 Å². The van der Waals surface area contributed by atoms with Crippen LogP contribution in [0.5, 0.6) is 17.2 Å². The van der Waals surface area contributed by atoms with Gasteiger partial charge in [-0.1, -0.05) is 18.2 Å². The molecule has 5 rings (SSSR count). The zero-order valence-electron chi connectivity index (χ0n) is 15.9. The number of aromatic hydroxyl groups is 1. The van der Waals surface area contributed by atoms with Gasteiger partial charge in [-0.05, 0) is 23.8 Å². The van der Waals surface area contributed by atoms with Crippen molar-refractivity contribution < 1.29 is 29.2 Å². The minimum Gasteiger partial charge on any atom is -0.502 e. The van der Waals surface area contributed by atoms with Crippen LogP contribution in [0.3, 0.4) is 0 Å². The number of H-pyrrole nitrogens is 1. The van der Waals surface area contributed by atoms with Gasteiger partial charge in [-0.2, -0.15) is 0 Å². The zero-order chi connectivity index (χ0) is 20.3. The summed E-state index contributed by atoms with van der Waals surface area (Å²) in [5, 5.41) is 22.3. The number of fused-ring (bicyclic) bond motifs is 4. The lowest BCUT2D eigenvalue weighted by atomic mass is 9.87. The van der Waals surface area contributed by atoms with Crippen LogP contribution in [0.25, 0.3) is 10.9 Å². The number of cyclic esters (lactones) is 1. The smallest absolute Gasteiger partial charge is 0.411 e. The number of rotatable bonds is 3. The Hall–Kier alpha value is -3.39. The van der Waals surface area contributed by atoms with Crippen LogP contribution >= 0.6 is 0 Å². The van der Waals surface area contributed by atoms with E-state index < -0.39 is 24.3 Å². The van der Waals surface area contributed by atoms with Gasteiger partial charge in [-0.15, -0.1) is 0 Å². The van der Waals surface area contributed by atoms with Crippen LogP contribution in [0, 0.1) is 0 Å². The Balaban J connectivity index is 1.79. The molecule has 3 aromatic rings. The summed E-state index contributed by atoms with van der Waals surface area (Å²) in [4.78, 5) is 17.5. The third-order valence-corrected chi connectivity index (χ3v) is 5.75. The van der Waals surface area contributed by atoms with Gasteiger partial charge in [0.1, 0.15) is 24.8 Å². The number of aliphatic hydroxyl groups is 1. The summed E-state index contributed by atoms with van der Waals surface area (Å²) >= 11 is 0. The number of aromatic amines is 1. The van der Waals surface area contributed by atoms with E-state index in [9.17, 15) is 15.0 Å². The normalized spacial score (nSPS) is 22.9. The fourth-order valence-corrected chi connectivity index (χ4v) is 4.44. The molecule has 2 aliphatic rings. The minimum atomic E-state index is -0.884. The fourth-order valence-electron chi connectivity index (χ4n) is 4.44. The molecule has 2 aliphatic heterocycles. The molecular formula is C21H20N2O6. The van der Waals surface area contributed by atoms with Crippen LogP contribution in [0.4, 0.5) is 4.79 Å². The van der Waals surface area contributed by atoms with E-state index >= 15 is 0 Å². The zero-order valence-corrected chi connectivity index (χ0v) is 15.9. The Morgan fingerprint density at radius 1 is 1.17 bits per heavy atom. The first-order valence-electron chi connectivity index (χ1n) is 9.23. The topological polar surface area (TPSA) is 104 Å². The van der Waals surface area contributed by atoms with Crippen molar-refractivity contribution in [3.63, 3.8) is 0 Å². The number of methoxy groups -OCH3 is 2. The molecule has 29 heavy (non-hydrogen) atoms. The highest BCUT2D eigenvalue weighted by molar-refractivity contribution is 5.87. The summed E-state index contributed by atoms with van der Waals surface area (Å²) in [6.07, 6.45) is -1.39. The molecule has 1 fully saturated rings. The van der Waals surface area contributed by atoms with Crippen LogP contribution in [0.2, 0.25) is 0 Å². The van der Waals surface area contributed by atoms with Crippen molar-refractivity contribution in [2.45, 2.75) is 18.2 Å². The minimum absolute atomic E-state index is 0.0990. The molecule has 2 aromatic carbocycles. The maximum Gasteiger partial charge on any atom is 0.411 e. The molecule has 3 heterocycles. The summed E-state index contributed by atoms with van der Waals surface area (Å²) in [7, 11) is 2.90. The van der Waals surface area contributed by atoms with Crippen molar-refractivity contribution in [3.8, 4) is 17.2 Å². The monoisotopic (exact) mass is 396 g/mol. The van der Waals surface area contributed by atoms with E-state index in [4.69, 9.17) is 14.2 Å². The predicted octanol–water partition coefficient (Wildman–Crippen LogP) is 2.85. The number of nitrogens with zero attached hydrogens (tertiary/aromatic N) is 1. The van der Waals surface area contributed by atoms with Crippen LogP contribution < -0.4 is 9.47 Å². The predicted molar refractivity (Wildman–Crippen MR) is 103 cm³/mol. The van der Waals surface area contributed by atoms with Crippen molar-refractivity contribution in [2.75, 3.05) is 20.8 Å². The number of carbonyl (C=O) groups is 1. The Bertz CT molecular complexity index is 1100. The van der Waals surface area contributed by atoms with E-state index in [0.29, 0.717) is 11.3 Å². The second-order valence-electron chi connectivity index (χ2n) is 7.17. The average Bonchev–Trinajstić information content (AvgIpc) is 3.30. The van der Waals surface area contributed by atoms with Crippen LogP contribution in [0.15, 0.2) is 36.4 Å². The number of aromatic nitrogens is 1. The lowest BCUT2D eigenvalue weighted by Gasteiger charge is -2.38. The van der Waals surface area contributed by atoms with Gasteiger partial charge in [0, 0.05) is 22.2 Å². The van der Waals surface area contributed by atoms with Gasteiger partial charge in [0.05, 0.1) is 14.2 Å². The highest BCUT2D eigenvalue weighted by Gasteiger charge is 2.50. The molecule has 0 spiro atoms. The number of amides is 1. The van der Waals surface area contributed by atoms with Gasteiger partial charge in [0.15, 0.2) is 11.5 Å². The number of benzene rings is 2. The molecule has 0 bridgehead atoms. The Kier molecular flexibility index (Phi) is 3.85. The molecule has 0 aliphatic carbocycles. The number of nitrogens with one attached hydrogen (secondary N) is 1. The lowest BCUT2D eigenvalue weighted by molar-refractivity contribution is 0.0591. The van der Waals surface area contributed by atoms with Gasteiger partial charge in [0.25, 0.3) is 0 Å². The molecule has 1 aromatic heterocycles. The lowest BCUT2D eigenvalue weighted by Crippen LogP contribution is -2.45. The Morgan fingerprint density at radius 3 is 2.55 bits per heavy atom. The summed E-state index contributed by atoms with van der Waals surface area (Å²) in [6, 6.07) is 9.93. The first kappa shape index (κ1) is 17.7. The average molecular weight is 396 g/mol. The first-order chi connectivity index (χ1) is 14.0. The highest BCUT2D eigenvalue weighted by atomic mass is 16.6. The number of phenols is 1. The number of hydrogen-bond donors (Lipinski definition) is 3. The largest absolute Gasteiger partial charge is 0.502 e. The van der Waals surface area contributed by atoms with Crippen molar-refractivity contribution >= 4 is 17.0 Å².